The van der Waals surface area contributed by atoms with Gasteiger partial charge in [0.25, 0.3) is 11.8 Å². The van der Waals surface area contributed by atoms with Crippen molar-refractivity contribution in [3.05, 3.63) is 53.8 Å². The first-order chi connectivity index (χ1) is 10.1. The van der Waals surface area contributed by atoms with Crippen molar-refractivity contribution in [3.8, 4) is 5.75 Å². The van der Waals surface area contributed by atoms with Gasteiger partial charge in [-0.1, -0.05) is 6.07 Å². The van der Waals surface area contributed by atoms with E-state index in [2.05, 4.69) is 10.6 Å². The monoisotopic (exact) mass is 286 g/mol. The fourth-order valence-electron chi connectivity index (χ4n) is 1.99. The van der Waals surface area contributed by atoms with E-state index < -0.39 is 11.7 Å². The number of fused-ring (bicyclic) bond motifs is 1. The Labute approximate surface area is 119 Å². The fourth-order valence-corrected chi connectivity index (χ4v) is 1.99. The van der Waals surface area contributed by atoms with Crippen LogP contribution in [0.25, 0.3) is 0 Å². The molecule has 0 aliphatic carbocycles. The van der Waals surface area contributed by atoms with E-state index in [0.717, 1.165) is 0 Å². The van der Waals surface area contributed by atoms with Crippen LogP contribution in [0.15, 0.2) is 42.5 Å². The predicted molar refractivity (Wildman–Crippen MR) is 74.9 cm³/mol. The average Bonchev–Trinajstić information content (AvgIpc) is 2.46. The van der Waals surface area contributed by atoms with E-state index in [1.807, 2.05) is 0 Å². The molecular weight excluding hydrogens is 275 g/mol. The van der Waals surface area contributed by atoms with E-state index in [9.17, 15) is 14.0 Å². The summed E-state index contributed by atoms with van der Waals surface area (Å²) in [5.41, 5.74) is 1.14. The summed E-state index contributed by atoms with van der Waals surface area (Å²) in [7, 11) is 0. The second-order valence-corrected chi connectivity index (χ2v) is 4.51. The molecule has 0 unspecified atom stereocenters. The number of halogens is 1. The number of hydrogen-bond acceptors (Lipinski definition) is 3. The second-order valence-electron chi connectivity index (χ2n) is 4.51. The van der Waals surface area contributed by atoms with Crippen LogP contribution in [0.5, 0.6) is 5.75 Å². The maximum atomic E-state index is 13.1. The van der Waals surface area contributed by atoms with Crippen LogP contribution in [-0.4, -0.2) is 18.4 Å². The predicted octanol–water partition coefficient (Wildman–Crippen LogP) is 2.41. The SMILES string of the molecule is O=C1COc2ccc(C(=O)Nc3cccc(F)c3)cc2N1. The van der Waals surface area contributed by atoms with Crippen LogP contribution in [0.4, 0.5) is 15.8 Å². The molecule has 6 heteroatoms. The maximum Gasteiger partial charge on any atom is 0.262 e. The number of benzene rings is 2. The lowest BCUT2D eigenvalue weighted by Gasteiger charge is -2.18. The molecule has 106 valence electrons. The summed E-state index contributed by atoms with van der Waals surface area (Å²) >= 11 is 0. The van der Waals surface area contributed by atoms with E-state index in [0.29, 0.717) is 22.7 Å². The largest absolute Gasteiger partial charge is 0.482 e. The summed E-state index contributed by atoms with van der Waals surface area (Å²) in [5.74, 6) is -0.593. The highest BCUT2D eigenvalue weighted by Gasteiger charge is 2.17. The first-order valence-electron chi connectivity index (χ1n) is 6.25. The molecule has 0 saturated carbocycles. The van der Waals surface area contributed by atoms with Gasteiger partial charge in [0.2, 0.25) is 0 Å². The van der Waals surface area contributed by atoms with Crippen molar-refractivity contribution >= 4 is 23.2 Å². The zero-order valence-electron chi connectivity index (χ0n) is 10.9. The Balaban J connectivity index is 1.82. The van der Waals surface area contributed by atoms with Gasteiger partial charge in [0.05, 0.1) is 5.69 Å². The van der Waals surface area contributed by atoms with Crippen LogP contribution in [0, 0.1) is 5.82 Å². The number of rotatable bonds is 2. The molecule has 2 aromatic carbocycles. The summed E-state index contributed by atoms with van der Waals surface area (Å²) < 4.78 is 18.3. The second kappa shape index (κ2) is 5.24. The van der Waals surface area contributed by atoms with Crippen molar-refractivity contribution in [1.82, 2.24) is 0 Å². The van der Waals surface area contributed by atoms with Crippen molar-refractivity contribution in [2.24, 2.45) is 0 Å². The van der Waals surface area contributed by atoms with E-state index in [4.69, 9.17) is 4.74 Å². The molecule has 0 bridgehead atoms. The van der Waals surface area contributed by atoms with Gasteiger partial charge in [0, 0.05) is 11.3 Å². The van der Waals surface area contributed by atoms with Crippen molar-refractivity contribution in [3.63, 3.8) is 0 Å². The Morgan fingerprint density at radius 3 is 2.90 bits per heavy atom. The van der Waals surface area contributed by atoms with E-state index >= 15 is 0 Å². The van der Waals surface area contributed by atoms with Crippen LogP contribution >= 0.6 is 0 Å². The van der Waals surface area contributed by atoms with Gasteiger partial charge in [-0.15, -0.1) is 0 Å². The van der Waals surface area contributed by atoms with Crippen LogP contribution in [0.1, 0.15) is 10.4 Å². The number of amides is 2. The Kier molecular flexibility index (Phi) is 3.27. The van der Waals surface area contributed by atoms with Gasteiger partial charge in [0.15, 0.2) is 6.61 Å². The number of carbonyl (C=O) groups is 2. The fraction of sp³-hybridized carbons (Fsp3) is 0.0667. The number of anilines is 2. The molecule has 5 nitrogen and oxygen atoms in total. The van der Waals surface area contributed by atoms with E-state index in [1.165, 1.54) is 24.3 Å². The van der Waals surface area contributed by atoms with Crippen molar-refractivity contribution in [1.29, 1.82) is 0 Å². The van der Waals surface area contributed by atoms with Crippen molar-refractivity contribution in [2.45, 2.75) is 0 Å². The first kappa shape index (κ1) is 13.1. The first-order valence-corrected chi connectivity index (χ1v) is 6.25. The quantitative estimate of drug-likeness (QED) is 0.891. The van der Waals surface area contributed by atoms with Gasteiger partial charge in [-0.2, -0.15) is 0 Å². The Morgan fingerprint density at radius 2 is 2.10 bits per heavy atom. The van der Waals surface area contributed by atoms with Gasteiger partial charge in [-0.3, -0.25) is 9.59 Å². The van der Waals surface area contributed by atoms with Crippen LogP contribution in [0.2, 0.25) is 0 Å². The number of nitrogens with one attached hydrogen (secondary N) is 2. The molecule has 2 amide bonds. The Bertz CT molecular complexity index is 731. The molecule has 0 radical (unpaired) electrons. The molecule has 0 spiro atoms. The molecule has 1 aliphatic heterocycles. The molecule has 2 N–H and O–H groups in total. The molecular formula is C15H11FN2O3. The summed E-state index contributed by atoms with van der Waals surface area (Å²) in [6, 6.07) is 10.3. The van der Waals surface area contributed by atoms with Gasteiger partial charge < -0.3 is 15.4 Å². The molecule has 3 rings (SSSR count). The zero-order chi connectivity index (χ0) is 14.8. The summed E-state index contributed by atoms with van der Waals surface area (Å²) in [6.07, 6.45) is 0. The molecule has 0 aromatic heterocycles. The minimum absolute atomic E-state index is 0.0398. The van der Waals surface area contributed by atoms with Crippen LogP contribution in [-0.2, 0) is 4.79 Å². The number of ether oxygens (including phenoxy) is 1. The third-order valence-corrected chi connectivity index (χ3v) is 2.96. The molecule has 2 aromatic rings. The lowest BCUT2D eigenvalue weighted by molar-refractivity contribution is -0.118. The molecule has 0 atom stereocenters. The van der Waals surface area contributed by atoms with Crippen molar-refractivity contribution in [2.75, 3.05) is 17.2 Å². The minimum Gasteiger partial charge on any atom is -0.482 e. The lowest BCUT2D eigenvalue weighted by Crippen LogP contribution is -2.25. The van der Waals surface area contributed by atoms with Crippen LogP contribution in [0.3, 0.4) is 0 Å². The van der Waals surface area contributed by atoms with Crippen LogP contribution < -0.4 is 15.4 Å². The summed E-state index contributed by atoms with van der Waals surface area (Å²) in [4.78, 5) is 23.4. The standard InChI is InChI=1S/C15H11FN2O3/c16-10-2-1-3-11(7-10)17-15(20)9-4-5-13-12(6-9)18-14(19)8-21-13/h1-7H,8H2,(H,17,20)(H,18,19). The van der Waals surface area contributed by atoms with Gasteiger partial charge in [-0.25, -0.2) is 4.39 Å². The highest BCUT2D eigenvalue weighted by atomic mass is 19.1. The summed E-state index contributed by atoms with van der Waals surface area (Å²) in [6.45, 7) is -0.0398. The average molecular weight is 286 g/mol. The van der Waals surface area contributed by atoms with Gasteiger partial charge >= 0.3 is 0 Å². The topological polar surface area (TPSA) is 67.4 Å². The van der Waals surface area contributed by atoms with Gasteiger partial charge in [0.1, 0.15) is 11.6 Å². The molecule has 21 heavy (non-hydrogen) atoms. The van der Waals surface area contributed by atoms with Crippen molar-refractivity contribution < 1.29 is 18.7 Å². The highest BCUT2D eigenvalue weighted by molar-refractivity contribution is 6.06. The number of hydrogen-bond donors (Lipinski definition) is 2. The normalized spacial score (nSPS) is 12.9. The van der Waals surface area contributed by atoms with E-state index in [1.54, 1.807) is 18.2 Å². The number of carbonyl (C=O) groups excluding carboxylic acids is 2. The Hall–Kier alpha value is -2.89. The maximum absolute atomic E-state index is 13.1. The molecule has 0 saturated heterocycles. The minimum atomic E-state index is -0.432. The third kappa shape index (κ3) is 2.84. The summed E-state index contributed by atoms with van der Waals surface area (Å²) in [5, 5.41) is 5.21. The van der Waals surface area contributed by atoms with E-state index in [-0.39, 0.29) is 12.5 Å². The third-order valence-electron chi connectivity index (χ3n) is 2.96. The highest BCUT2D eigenvalue weighted by Crippen LogP contribution is 2.28. The van der Waals surface area contributed by atoms with Gasteiger partial charge in [-0.05, 0) is 36.4 Å². The smallest absolute Gasteiger partial charge is 0.262 e. The molecule has 1 heterocycles. The zero-order valence-corrected chi connectivity index (χ0v) is 10.9. The lowest BCUT2D eigenvalue weighted by atomic mass is 10.1. The molecule has 0 fully saturated rings. The Morgan fingerprint density at radius 1 is 1.24 bits per heavy atom. The molecule has 1 aliphatic rings.